The highest BCUT2D eigenvalue weighted by Gasteiger charge is 2.31. The lowest BCUT2D eigenvalue weighted by Crippen LogP contribution is -2.23. The minimum Gasteiger partial charge on any atom is -0.497 e. The molecule has 2 aromatic carbocycles. The van der Waals surface area contributed by atoms with Gasteiger partial charge in [0.25, 0.3) is 5.91 Å². The number of ether oxygens (including phenoxy) is 2. The summed E-state index contributed by atoms with van der Waals surface area (Å²) in [6.07, 6.45) is 0.462. The number of nitrogens with one attached hydrogen (secondary N) is 1. The molecule has 9 heteroatoms. The fourth-order valence-electron chi connectivity index (χ4n) is 3.48. The summed E-state index contributed by atoms with van der Waals surface area (Å²) in [4.78, 5) is 12.5. The largest absolute Gasteiger partial charge is 0.497 e. The highest BCUT2D eigenvalue weighted by molar-refractivity contribution is 7.91. The lowest BCUT2D eigenvalue weighted by molar-refractivity contribution is -0.118. The van der Waals surface area contributed by atoms with Gasteiger partial charge in [0.2, 0.25) is 0 Å². The molecule has 1 aliphatic heterocycles. The van der Waals surface area contributed by atoms with Gasteiger partial charge in [-0.3, -0.25) is 4.79 Å². The highest BCUT2D eigenvalue weighted by Crippen LogP contribution is 2.30. The molecule has 4 rings (SSSR count). The van der Waals surface area contributed by atoms with E-state index in [2.05, 4.69) is 10.4 Å². The van der Waals surface area contributed by atoms with E-state index in [1.54, 1.807) is 42.1 Å². The molecule has 3 aromatic rings. The number of amides is 1. The van der Waals surface area contributed by atoms with Crippen molar-refractivity contribution in [3.8, 4) is 22.8 Å². The molecule has 0 unspecified atom stereocenters. The zero-order valence-corrected chi connectivity index (χ0v) is 17.8. The first-order valence-corrected chi connectivity index (χ1v) is 11.7. The molecule has 1 aromatic heterocycles. The smallest absolute Gasteiger partial charge is 0.263 e. The highest BCUT2D eigenvalue weighted by atomic mass is 32.2. The molecule has 1 saturated heterocycles. The number of hydrogen-bond donors (Lipinski definition) is 1. The van der Waals surface area contributed by atoms with E-state index in [9.17, 15) is 13.2 Å². The molecule has 0 spiro atoms. The lowest BCUT2D eigenvalue weighted by atomic mass is 10.1. The SMILES string of the molecule is COc1ccc(OCC(=O)Nc2cc(-c3ccccc3)nn2[C@H]2CCS(=O)(=O)C2)cc1. The third kappa shape index (κ3) is 5.05. The van der Waals surface area contributed by atoms with Crippen molar-refractivity contribution in [1.29, 1.82) is 0 Å². The fourth-order valence-corrected chi connectivity index (χ4v) is 5.18. The topological polar surface area (TPSA) is 99.5 Å². The van der Waals surface area contributed by atoms with E-state index in [-0.39, 0.29) is 30.1 Å². The van der Waals surface area contributed by atoms with Gasteiger partial charge in [-0.05, 0) is 30.7 Å². The summed E-state index contributed by atoms with van der Waals surface area (Å²) in [6, 6.07) is 17.9. The van der Waals surface area contributed by atoms with E-state index in [1.165, 1.54) is 0 Å². The van der Waals surface area contributed by atoms with E-state index >= 15 is 0 Å². The fraction of sp³-hybridized carbons (Fsp3) is 0.273. The molecule has 1 atom stereocenters. The Kier molecular flexibility index (Phi) is 5.94. The van der Waals surface area contributed by atoms with Crippen LogP contribution in [0.2, 0.25) is 0 Å². The predicted molar refractivity (Wildman–Crippen MR) is 117 cm³/mol. The molecule has 0 radical (unpaired) electrons. The second kappa shape index (κ2) is 8.81. The lowest BCUT2D eigenvalue weighted by Gasteiger charge is -2.14. The number of nitrogens with zero attached hydrogens (tertiary/aromatic N) is 2. The molecular formula is C22H23N3O5S. The van der Waals surface area contributed by atoms with Crippen LogP contribution >= 0.6 is 0 Å². The summed E-state index contributed by atoms with van der Waals surface area (Å²) in [6.45, 7) is -0.193. The minimum absolute atomic E-state index is 0.00806. The number of aromatic nitrogens is 2. The van der Waals surface area contributed by atoms with Crippen molar-refractivity contribution in [3.05, 3.63) is 60.7 Å². The third-order valence-electron chi connectivity index (χ3n) is 5.06. The second-order valence-electron chi connectivity index (χ2n) is 7.29. The normalized spacial score (nSPS) is 17.3. The van der Waals surface area contributed by atoms with Crippen molar-refractivity contribution < 1.29 is 22.7 Å². The first kappa shape index (κ1) is 20.9. The molecule has 162 valence electrons. The summed E-state index contributed by atoms with van der Waals surface area (Å²) >= 11 is 0. The van der Waals surface area contributed by atoms with Crippen LogP contribution in [0.5, 0.6) is 11.5 Å². The van der Waals surface area contributed by atoms with Gasteiger partial charge in [-0.25, -0.2) is 13.1 Å². The van der Waals surface area contributed by atoms with E-state index in [0.717, 1.165) is 5.56 Å². The Hall–Kier alpha value is -3.33. The monoisotopic (exact) mass is 441 g/mol. The Bertz CT molecular complexity index is 1160. The van der Waals surface area contributed by atoms with E-state index in [4.69, 9.17) is 9.47 Å². The van der Waals surface area contributed by atoms with Crippen molar-refractivity contribution in [2.45, 2.75) is 12.5 Å². The van der Waals surface area contributed by atoms with Crippen molar-refractivity contribution >= 4 is 21.6 Å². The van der Waals surface area contributed by atoms with Gasteiger partial charge in [-0.2, -0.15) is 5.10 Å². The maximum Gasteiger partial charge on any atom is 0.263 e. The maximum absolute atomic E-state index is 12.5. The number of methoxy groups -OCH3 is 1. The van der Waals surface area contributed by atoms with Gasteiger partial charge in [0, 0.05) is 11.6 Å². The van der Waals surface area contributed by atoms with Gasteiger partial charge >= 0.3 is 0 Å². The summed E-state index contributed by atoms with van der Waals surface area (Å²) in [5.74, 6) is 1.44. The van der Waals surface area contributed by atoms with Gasteiger partial charge in [0.1, 0.15) is 17.3 Å². The molecule has 0 aliphatic carbocycles. The van der Waals surface area contributed by atoms with Crippen LogP contribution < -0.4 is 14.8 Å². The summed E-state index contributed by atoms with van der Waals surface area (Å²) in [5.41, 5.74) is 1.54. The first-order chi connectivity index (χ1) is 14.9. The molecule has 2 heterocycles. The van der Waals surface area contributed by atoms with E-state index in [1.807, 2.05) is 30.3 Å². The molecule has 8 nitrogen and oxygen atoms in total. The quantitative estimate of drug-likeness (QED) is 0.605. The van der Waals surface area contributed by atoms with E-state index < -0.39 is 9.84 Å². The van der Waals surface area contributed by atoms with Crippen LogP contribution in [0, 0.1) is 0 Å². The van der Waals surface area contributed by atoms with Crippen LogP contribution in [-0.4, -0.2) is 49.3 Å². The predicted octanol–water partition coefficient (Wildman–Crippen LogP) is 2.94. The number of carbonyl (C=O) groups is 1. The average molecular weight is 442 g/mol. The van der Waals surface area contributed by atoms with Crippen molar-refractivity contribution in [2.75, 3.05) is 30.5 Å². The number of carbonyl (C=O) groups excluding carboxylic acids is 1. The van der Waals surface area contributed by atoms with Crippen LogP contribution in [0.15, 0.2) is 60.7 Å². The van der Waals surface area contributed by atoms with Gasteiger partial charge in [-0.1, -0.05) is 30.3 Å². The van der Waals surface area contributed by atoms with Gasteiger partial charge < -0.3 is 14.8 Å². The second-order valence-corrected chi connectivity index (χ2v) is 9.52. The molecular weight excluding hydrogens is 418 g/mol. The standard InChI is InChI=1S/C22H23N3O5S/c1-29-18-7-9-19(10-8-18)30-14-22(26)23-21-13-20(16-5-3-2-4-6-16)24-25(21)17-11-12-31(27,28)15-17/h2-10,13,17H,11-12,14-15H2,1H3,(H,23,26)/t17-/m0/s1. The van der Waals surface area contributed by atoms with Crippen LogP contribution in [-0.2, 0) is 14.6 Å². The van der Waals surface area contributed by atoms with Crippen molar-refractivity contribution in [3.63, 3.8) is 0 Å². The Morgan fingerprint density at radius 3 is 2.48 bits per heavy atom. The van der Waals surface area contributed by atoms with E-state index in [0.29, 0.717) is 29.4 Å². The van der Waals surface area contributed by atoms with Gasteiger partial charge in [0.15, 0.2) is 16.4 Å². The molecule has 1 fully saturated rings. The molecule has 1 N–H and O–H groups in total. The number of hydrogen-bond acceptors (Lipinski definition) is 6. The van der Waals surface area contributed by atoms with Crippen molar-refractivity contribution in [2.24, 2.45) is 0 Å². The molecule has 0 saturated carbocycles. The molecule has 1 amide bonds. The maximum atomic E-state index is 12.5. The van der Waals surface area contributed by atoms with Crippen LogP contribution in [0.1, 0.15) is 12.5 Å². The molecule has 1 aliphatic rings. The zero-order valence-electron chi connectivity index (χ0n) is 17.0. The van der Waals surface area contributed by atoms with Gasteiger partial charge in [-0.15, -0.1) is 0 Å². The number of sulfone groups is 1. The molecule has 31 heavy (non-hydrogen) atoms. The van der Waals surface area contributed by atoms with Crippen LogP contribution in [0.3, 0.4) is 0 Å². The number of rotatable bonds is 7. The summed E-state index contributed by atoms with van der Waals surface area (Å²) < 4.78 is 36.2. The Morgan fingerprint density at radius 2 is 1.84 bits per heavy atom. The molecule has 0 bridgehead atoms. The van der Waals surface area contributed by atoms with Gasteiger partial charge in [0.05, 0.1) is 30.4 Å². The van der Waals surface area contributed by atoms with Crippen LogP contribution in [0.4, 0.5) is 5.82 Å². The zero-order chi connectivity index (χ0) is 21.8. The summed E-state index contributed by atoms with van der Waals surface area (Å²) in [7, 11) is -1.53. The third-order valence-corrected chi connectivity index (χ3v) is 6.81. The van der Waals surface area contributed by atoms with Crippen LogP contribution in [0.25, 0.3) is 11.3 Å². The Labute approximate surface area is 180 Å². The summed E-state index contributed by atoms with van der Waals surface area (Å²) in [5, 5.41) is 7.42. The number of anilines is 1. The minimum atomic E-state index is -3.10. The average Bonchev–Trinajstić information content (AvgIpc) is 3.36. The Balaban J connectivity index is 1.51. The number of benzene rings is 2. The van der Waals surface area contributed by atoms with Crippen molar-refractivity contribution in [1.82, 2.24) is 9.78 Å². The Morgan fingerprint density at radius 1 is 1.13 bits per heavy atom. The first-order valence-electron chi connectivity index (χ1n) is 9.85.